The van der Waals surface area contributed by atoms with Crippen molar-refractivity contribution in [3.63, 3.8) is 0 Å². The van der Waals surface area contributed by atoms with Gasteiger partial charge in [0.15, 0.2) is 0 Å². The van der Waals surface area contributed by atoms with Gasteiger partial charge in [-0.25, -0.2) is 0 Å². The van der Waals surface area contributed by atoms with E-state index in [9.17, 15) is 4.79 Å². The molecule has 0 amide bonds. The van der Waals surface area contributed by atoms with Crippen LogP contribution in [0.25, 0.3) is 0 Å². The highest BCUT2D eigenvalue weighted by atomic mass is 16.5. The second-order valence-electron chi connectivity index (χ2n) is 3.94. The van der Waals surface area contributed by atoms with Gasteiger partial charge < -0.3 is 10.5 Å². The molecule has 1 fully saturated rings. The second-order valence-corrected chi connectivity index (χ2v) is 3.94. The molecule has 3 nitrogen and oxygen atoms in total. The molecule has 1 saturated heterocycles. The number of anilines is 1. The van der Waals surface area contributed by atoms with E-state index in [0.29, 0.717) is 6.61 Å². The maximum Gasteiger partial charge on any atom is 0.316 e. The molecule has 2 rings (SSSR count). The number of carbonyl (C=O) groups is 1. The first-order valence-electron chi connectivity index (χ1n) is 5.22. The van der Waals surface area contributed by atoms with E-state index in [0.717, 1.165) is 24.1 Å². The van der Waals surface area contributed by atoms with Gasteiger partial charge in [0.05, 0.1) is 12.0 Å². The number of rotatable bonds is 2. The van der Waals surface area contributed by atoms with E-state index in [1.54, 1.807) is 0 Å². The van der Waals surface area contributed by atoms with E-state index in [2.05, 4.69) is 0 Å². The quantitative estimate of drug-likeness (QED) is 0.592. The summed E-state index contributed by atoms with van der Waals surface area (Å²) in [6.07, 6.45) is 1.54. The van der Waals surface area contributed by atoms with Gasteiger partial charge in [-0.2, -0.15) is 0 Å². The average Bonchev–Trinajstić information content (AvgIpc) is 2.62. The van der Waals surface area contributed by atoms with Gasteiger partial charge in [-0.3, -0.25) is 4.79 Å². The molecule has 1 aromatic carbocycles. The van der Waals surface area contributed by atoms with Crippen molar-refractivity contribution >= 4 is 11.7 Å². The van der Waals surface area contributed by atoms with Crippen molar-refractivity contribution < 1.29 is 9.53 Å². The second kappa shape index (κ2) is 3.57. The molecule has 1 aliphatic heterocycles. The molecule has 1 aromatic rings. The maximum atomic E-state index is 11.8. The Kier molecular flexibility index (Phi) is 2.39. The predicted molar refractivity (Wildman–Crippen MR) is 58.4 cm³/mol. The number of carbonyl (C=O) groups excluding carboxylic acids is 1. The SMILES string of the molecule is CCC1(c2ccc(N)cc2)CCOC1=O. The Balaban J connectivity index is 2.42. The summed E-state index contributed by atoms with van der Waals surface area (Å²) in [5, 5.41) is 0. The molecule has 80 valence electrons. The van der Waals surface area contributed by atoms with Gasteiger partial charge in [0.1, 0.15) is 0 Å². The molecule has 0 aliphatic carbocycles. The molecule has 1 unspecified atom stereocenters. The highest BCUT2D eigenvalue weighted by molar-refractivity contribution is 5.85. The third kappa shape index (κ3) is 1.48. The van der Waals surface area contributed by atoms with Crippen molar-refractivity contribution in [1.29, 1.82) is 0 Å². The average molecular weight is 205 g/mol. The molecule has 3 heteroatoms. The van der Waals surface area contributed by atoms with Crippen molar-refractivity contribution in [3.8, 4) is 0 Å². The summed E-state index contributed by atoms with van der Waals surface area (Å²) >= 11 is 0. The molecule has 1 aliphatic rings. The fraction of sp³-hybridized carbons (Fsp3) is 0.417. The van der Waals surface area contributed by atoms with Crippen molar-refractivity contribution in [1.82, 2.24) is 0 Å². The smallest absolute Gasteiger partial charge is 0.316 e. The molecule has 15 heavy (non-hydrogen) atoms. The van der Waals surface area contributed by atoms with Crippen LogP contribution in [0.1, 0.15) is 25.3 Å². The van der Waals surface area contributed by atoms with Crippen LogP contribution in [-0.4, -0.2) is 12.6 Å². The third-order valence-corrected chi connectivity index (χ3v) is 3.22. The summed E-state index contributed by atoms with van der Waals surface area (Å²) in [6, 6.07) is 7.51. The highest BCUT2D eigenvalue weighted by Crippen LogP contribution is 2.37. The Bertz CT molecular complexity index is 372. The number of ether oxygens (including phenoxy) is 1. The molecule has 2 N–H and O–H groups in total. The Morgan fingerprint density at radius 1 is 1.40 bits per heavy atom. The highest BCUT2D eigenvalue weighted by Gasteiger charge is 2.44. The standard InChI is InChI=1S/C12H15NO2/c1-2-12(7-8-15-11(12)14)9-3-5-10(13)6-4-9/h3-6H,2,7-8,13H2,1H3. The van der Waals surface area contributed by atoms with Crippen LogP contribution in [0.2, 0.25) is 0 Å². The number of esters is 1. The van der Waals surface area contributed by atoms with E-state index < -0.39 is 5.41 Å². The molecule has 0 bridgehead atoms. The zero-order chi connectivity index (χ0) is 10.9. The number of hydrogen-bond donors (Lipinski definition) is 1. The third-order valence-electron chi connectivity index (χ3n) is 3.22. The van der Waals surface area contributed by atoms with E-state index in [1.807, 2.05) is 31.2 Å². The van der Waals surface area contributed by atoms with Crippen LogP contribution in [0.15, 0.2) is 24.3 Å². The molecule has 0 saturated carbocycles. The van der Waals surface area contributed by atoms with Crippen LogP contribution in [0.3, 0.4) is 0 Å². The zero-order valence-corrected chi connectivity index (χ0v) is 8.82. The summed E-state index contributed by atoms with van der Waals surface area (Å²) in [5.41, 5.74) is 6.93. The van der Waals surface area contributed by atoms with Gasteiger partial charge in [-0.15, -0.1) is 0 Å². The number of cyclic esters (lactones) is 1. The van der Waals surface area contributed by atoms with E-state index in [-0.39, 0.29) is 5.97 Å². The van der Waals surface area contributed by atoms with Gasteiger partial charge in [0, 0.05) is 12.1 Å². The number of benzene rings is 1. The number of nitrogen functional groups attached to an aromatic ring is 1. The molecular weight excluding hydrogens is 190 g/mol. The van der Waals surface area contributed by atoms with Gasteiger partial charge in [-0.1, -0.05) is 19.1 Å². The lowest BCUT2D eigenvalue weighted by Crippen LogP contribution is -2.30. The molecular formula is C12H15NO2. The van der Waals surface area contributed by atoms with Crippen LogP contribution in [0.5, 0.6) is 0 Å². The Hall–Kier alpha value is -1.51. The lowest BCUT2D eigenvalue weighted by atomic mass is 9.77. The topological polar surface area (TPSA) is 52.3 Å². The lowest BCUT2D eigenvalue weighted by molar-refractivity contribution is -0.142. The molecule has 0 aromatic heterocycles. The van der Waals surface area contributed by atoms with E-state index >= 15 is 0 Å². The van der Waals surface area contributed by atoms with Crippen LogP contribution < -0.4 is 5.73 Å². The molecule has 1 heterocycles. The maximum absolute atomic E-state index is 11.8. The van der Waals surface area contributed by atoms with Crippen molar-refractivity contribution in [3.05, 3.63) is 29.8 Å². The lowest BCUT2D eigenvalue weighted by Gasteiger charge is -2.23. The minimum absolute atomic E-state index is 0.102. The van der Waals surface area contributed by atoms with E-state index in [1.165, 1.54) is 0 Å². The predicted octanol–water partition coefficient (Wildman–Crippen LogP) is 1.86. The molecule has 0 radical (unpaired) electrons. The van der Waals surface area contributed by atoms with Crippen LogP contribution in [-0.2, 0) is 14.9 Å². The Morgan fingerprint density at radius 3 is 2.53 bits per heavy atom. The van der Waals surface area contributed by atoms with Crippen molar-refractivity contribution in [2.75, 3.05) is 12.3 Å². The fourth-order valence-electron chi connectivity index (χ4n) is 2.15. The van der Waals surface area contributed by atoms with E-state index in [4.69, 9.17) is 10.5 Å². The summed E-state index contributed by atoms with van der Waals surface area (Å²) < 4.78 is 5.07. The monoisotopic (exact) mass is 205 g/mol. The summed E-state index contributed by atoms with van der Waals surface area (Å²) in [5.74, 6) is -0.102. The zero-order valence-electron chi connectivity index (χ0n) is 8.82. The van der Waals surface area contributed by atoms with Crippen LogP contribution >= 0.6 is 0 Å². The Morgan fingerprint density at radius 2 is 2.07 bits per heavy atom. The largest absolute Gasteiger partial charge is 0.465 e. The van der Waals surface area contributed by atoms with Crippen molar-refractivity contribution in [2.45, 2.75) is 25.2 Å². The molecule has 0 spiro atoms. The fourth-order valence-corrected chi connectivity index (χ4v) is 2.15. The minimum atomic E-state index is -0.437. The summed E-state index contributed by atoms with van der Waals surface area (Å²) in [4.78, 5) is 11.8. The summed E-state index contributed by atoms with van der Waals surface area (Å²) in [7, 11) is 0. The first-order valence-corrected chi connectivity index (χ1v) is 5.22. The Labute approximate surface area is 89.2 Å². The van der Waals surface area contributed by atoms with Gasteiger partial charge in [-0.05, 0) is 24.1 Å². The summed E-state index contributed by atoms with van der Waals surface area (Å²) in [6.45, 7) is 2.54. The molecule has 1 atom stereocenters. The van der Waals surface area contributed by atoms with Gasteiger partial charge >= 0.3 is 5.97 Å². The first kappa shape index (κ1) is 10.0. The minimum Gasteiger partial charge on any atom is -0.465 e. The number of hydrogen-bond acceptors (Lipinski definition) is 3. The van der Waals surface area contributed by atoms with Gasteiger partial charge in [0.2, 0.25) is 0 Å². The first-order chi connectivity index (χ1) is 7.19. The van der Waals surface area contributed by atoms with Gasteiger partial charge in [0.25, 0.3) is 0 Å². The normalized spacial score (nSPS) is 25.3. The van der Waals surface area contributed by atoms with Crippen LogP contribution in [0, 0.1) is 0 Å². The number of nitrogens with two attached hydrogens (primary N) is 1. The van der Waals surface area contributed by atoms with Crippen molar-refractivity contribution in [2.24, 2.45) is 0 Å². The van der Waals surface area contributed by atoms with Crippen LogP contribution in [0.4, 0.5) is 5.69 Å².